The second-order valence-electron chi connectivity index (χ2n) is 17.1. The van der Waals surface area contributed by atoms with Crippen LogP contribution in [0.4, 0.5) is 0 Å². The summed E-state index contributed by atoms with van der Waals surface area (Å²) in [5, 5.41) is 28.9. The van der Waals surface area contributed by atoms with Crippen molar-refractivity contribution >= 4 is 34.6 Å². The molecule has 0 amide bonds. The number of allylic oxidation sites excluding steroid dienone is 2. The Morgan fingerprint density at radius 3 is 1.34 bits per heavy atom. The van der Waals surface area contributed by atoms with Crippen LogP contribution in [0.3, 0.4) is 0 Å². The van der Waals surface area contributed by atoms with Crippen LogP contribution in [0.1, 0.15) is 128 Å². The topological polar surface area (TPSA) is 154 Å². The van der Waals surface area contributed by atoms with Crippen molar-refractivity contribution in [3.05, 3.63) is 118 Å². The van der Waals surface area contributed by atoms with E-state index < -0.39 is 11.4 Å². The average molecular weight is 831 g/mol. The van der Waals surface area contributed by atoms with E-state index in [4.69, 9.17) is 18.9 Å². The molecule has 0 bridgehead atoms. The first kappa shape index (κ1) is 49.0. The van der Waals surface area contributed by atoms with Gasteiger partial charge in [0.25, 0.3) is 0 Å². The molecule has 0 unspecified atom stereocenters. The Labute approximate surface area is 362 Å². The van der Waals surface area contributed by atoms with Crippen LogP contribution < -0.4 is 0 Å². The highest BCUT2D eigenvalue weighted by atomic mass is 16.7. The lowest BCUT2D eigenvalue weighted by Crippen LogP contribution is -2.26. The molecular formula is C49H62N6O6. The third kappa shape index (κ3) is 13.0. The van der Waals surface area contributed by atoms with Crippen molar-refractivity contribution in [3.8, 4) is 12.1 Å². The van der Waals surface area contributed by atoms with Crippen molar-refractivity contribution < 1.29 is 28.5 Å². The van der Waals surface area contributed by atoms with E-state index in [1.54, 1.807) is 9.36 Å². The number of hydrogen-bond acceptors (Lipinski definition) is 10. The van der Waals surface area contributed by atoms with E-state index in [9.17, 15) is 20.1 Å². The van der Waals surface area contributed by atoms with Gasteiger partial charge in [-0.25, -0.2) is 4.79 Å². The third-order valence-corrected chi connectivity index (χ3v) is 10.0. The van der Waals surface area contributed by atoms with E-state index in [0.717, 1.165) is 28.6 Å². The predicted molar refractivity (Wildman–Crippen MR) is 239 cm³/mol. The second kappa shape index (κ2) is 21.2. The quantitative estimate of drug-likeness (QED) is 0.0372. The largest absolute Gasteiger partial charge is 0.454 e. The number of nitriles is 2. The zero-order chi connectivity index (χ0) is 45.7. The van der Waals surface area contributed by atoms with Gasteiger partial charge in [-0.1, -0.05) is 104 Å². The zero-order valence-electron chi connectivity index (χ0n) is 38.2. The summed E-state index contributed by atoms with van der Waals surface area (Å²) in [5.74, 6) is -0.277. The van der Waals surface area contributed by atoms with Crippen LogP contribution in [0, 0.1) is 41.9 Å². The van der Waals surface area contributed by atoms with Gasteiger partial charge in [0.15, 0.2) is 11.5 Å². The molecule has 0 spiro atoms. The van der Waals surface area contributed by atoms with E-state index in [1.807, 2.05) is 109 Å². The Morgan fingerprint density at radius 1 is 0.656 bits per heavy atom. The lowest BCUT2D eigenvalue weighted by Gasteiger charge is -2.21. The fourth-order valence-corrected chi connectivity index (χ4v) is 5.94. The number of nitrogens with zero attached hydrogens (tertiary/aromatic N) is 6. The molecule has 61 heavy (non-hydrogen) atoms. The highest BCUT2D eigenvalue weighted by molar-refractivity contribution is 5.95. The molecule has 2 heterocycles. The molecule has 0 aliphatic heterocycles. The molecule has 4 rings (SSSR count). The molecular weight excluding hydrogens is 769 g/mol. The Balaban J connectivity index is 0.000000327. The van der Waals surface area contributed by atoms with E-state index in [-0.39, 0.29) is 30.4 Å². The number of aryl methyl sites for hydroxylation is 4. The van der Waals surface area contributed by atoms with Gasteiger partial charge < -0.3 is 18.9 Å². The minimum atomic E-state index is -0.601. The summed E-state index contributed by atoms with van der Waals surface area (Å²) in [4.78, 5) is 23.8. The number of hydrogen-bond donors (Lipinski definition) is 0. The number of ether oxygens (including phenoxy) is 4. The van der Waals surface area contributed by atoms with Gasteiger partial charge in [0, 0.05) is 19.2 Å². The van der Waals surface area contributed by atoms with E-state index in [1.165, 1.54) is 5.56 Å². The summed E-state index contributed by atoms with van der Waals surface area (Å²) in [5.41, 5.74) is 6.84. The van der Waals surface area contributed by atoms with E-state index >= 15 is 0 Å². The van der Waals surface area contributed by atoms with Gasteiger partial charge >= 0.3 is 11.9 Å². The van der Waals surface area contributed by atoms with Gasteiger partial charge in [0.1, 0.15) is 34.7 Å². The maximum absolute atomic E-state index is 12.4. The van der Waals surface area contributed by atoms with Gasteiger partial charge in [-0.05, 0) is 93.2 Å². The molecule has 12 heteroatoms. The second-order valence-corrected chi connectivity index (χ2v) is 17.1. The number of rotatable bonds is 15. The molecule has 2 aromatic carbocycles. The van der Waals surface area contributed by atoms with Crippen LogP contribution in [0.5, 0.6) is 0 Å². The Bertz CT molecular complexity index is 2300. The number of carbonyl (C=O) groups is 2. The predicted octanol–water partition coefficient (Wildman–Crippen LogP) is 10.5. The van der Waals surface area contributed by atoms with Gasteiger partial charge in [-0.15, -0.1) is 0 Å². The molecule has 0 atom stereocenters. The Hall–Kier alpha value is -6.40. The molecule has 2 aromatic heterocycles. The molecule has 0 aliphatic carbocycles. The summed E-state index contributed by atoms with van der Waals surface area (Å²) in [6, 6.07) is 24.0. The number of aromatic nitrogens is 4. The minimum absolute atomic E-state index is 0.00517. The lowest BCUT2D eigenvalue weighted by atomic mass is 9.86. The summed E-state index contributed by atoms with van der Waals surface area (Å²) < 4.78 is 25.6. The summed E-state index contributed by atoms with van der Waals surface area (Å²) in [6.45, 7) is 30.1. The molecule has 324 valence electrons. The highest BCUT2D eigenvalue weighted by Gasteiger charge is 2.28. The Kier molecular flexibility index (Phi) is 17.0. The minimum Gasteiger partial charge on any atom is -0.454 e. The fraction of sp³-hybridized carbons (Fsp3) is 0.429. The Morgan fingerprint density at radius 2 is 1.03 bits per heavy atom. The van der Waals surface area contributed by atoms with Crippen molar-refractivity contribution in [1.82, 2.24) is 19.6 Å². The molecule has 4 aromatic rings. The van der Waals surface area contributed by atoms with Crippen molar-refractivity contribution in [2.45, 2.75) is 120 Å². The van der Waals surface area contributed by atoms with Crippen LogP contribution >= 0.6 is 0 Å². The van der Waals surface area contributed by atoms with Gasteiger partial charge in [-0.2, -0.15) is 20.7 Å². The molecule has 0 saturated carbocycles. The van der Waals surface area contributed by atoms with E-state index in [2.05, 4.69) is 70.5 Å². The van der Waals surface area contributed by atoms with Gasteiger partial charge in [0.05, 0.1) is 16.8 Å². The van der Waals surface area contributed by atoms with Gasteiger partial charge in [-0.3, -0.25) is 14.2 Å². The van der Waals surface area contributed by atoms with Crippen LogP contribution in [-0.2, 0) is 52.5 Å². The third-order valence-electron chi connectivity index (χ3n) is 10.0. The number of esters is 2. The van der Waals surface area contributed by atoms with Crippen LogP contribution in [0.25, 0.3) is 22.7 Å². The van der Waals surface area contributed by atoms with Crippen molar-refractivity contribution in [2.75, 3.05) is 13.6 Å². The molecule has 0 aliphatic rings. The molecule has 12 nitrogen and oxygen atoms in total. The molecule has 0 fully saturated rings. The monoisotopic (exact) mass is 830 g/mol. The highest BCUT2D eigenvalue weighted by Crippen LogP contribution is 2.32. The molecule has 0 N–H and O–H groups in total. The lowest BCUT2D eigenvalue weighted by molar-refractivity contribution is -0.162. The van der Waals surface area contributed by atoms with Crippen molar-refractivity contribution in [3.63, 3.8) is 0 Å². The first-order chi connectivity index (χ1) is 28.6. The maximum atomic E-state index is 12.4. The summed E-state index contributed by atoms with van der Waals surface area (Å²) in [6.07, 6.45) is 1.71. The first-order valence-electron chi connectivity index (χ1n) is 20.5. The summed E-state index contributed by atoms with van der Waals surface area (Å²) >= 11 is 0. The van der Waals surface area contributed by atoms with Crippen molar-refractivity contribution in [2.24, 2.45) is 5.41 Å². The zero-order valence-corrected chi connectivity index (χ0v) is 38.2. The number of benzene rings is 2. The maximum Gasteiger partial charge on any atom is 0.333 e. The standard InChI is InChI=1S/C26H35N3O3.C23H27N3O3/c1-9-26(7,8)24(30)32-17-31-23(22-15-18(3)28-29(22)10-2)21(16-27)19-11-13-20(14-12-19)25(4,5)6;1-7-21(27)28-15-29-22(20-13-16(3)25-26(20)8-2)19(14-24)17-9-11-18(12-10-17)23(4,5)6/h11-15H,9-10,17H2,1-8H3;7,9-13H,1,8,15H2,2-6H3/b23-21-;22-19-. The van der Waals surface area contributed by atoms with Crippen molar-refractivity contribution in [1.29, 1.82) is 10.5 Å². The normalized spacial score (nSPS) is 12.4. The smallest absolute Gasteiger partial charge is 0.333 e. The molecule has 0 saturated heterocycles. The van der Waals surface area contributed by atoms with Crippen LogP contribution in [0.15, 0.2) is 73.3 Å². The van der Waals surface area contributed by atoms with Gasteiger partial charge in [0.2, 0.25) is 13.6 Å². The SMILES string of the molecule is C=CC(=O)OCO/C(=C(/C#N)c1ccc(C(C)(C)C)cc1)c1cc(C)nn1CC.CCn1nc(C)cc1/C(OCOC(=O)C(C)(C)CC)=C(\C#N)c1ccc(C(C)(C)C)cc1. The molecule has 0 radical (unpaired) electrons. The number of carbonyl (C=O) groups excluding carboxylic acids is 2. The first-order valence-corrected chi connectivity index (χ1v) is 20.5. The van der Waals surface area contributed by atoms with Crippen LogP contribution in [0.2, 0.25) is 0 Å². The summed E-state index contributed by atoms with van der Waals surface area (Å²) in [7, 11) is 0. The average Bonchev–Trinajstić information content (AvgIpc) is 3.80. The van der Waals surface area contributed by atoms with E-state index in [0.29, 0.717) is 59.1 Å². The fourth-order valence-electron chi connectivity index (χ4n) is 5.94. The van der Waals surface area contributed by atoms with Crippen LogP contribution in [-0.4, -0.2) is 45.1 Å².